The van der Waals surface area contributed by atoms with Crippen molar-refractivity contribution in [3.05, 3.63) is 46.5 Å². The highest BCUT2D eigenvalue weighted by molar-refractivity contribution is 9.10. The molecule has 2 nitrogen and oxygen atoms in total. The minimum Gasteiger partial charge on any atom is -0.466 e. The third-order valence-corrected chi connectivity index (χ3v) is 3.28. The van der Waals surface area contributed by atoms with E-state index in [0.29, 0.717) is 5.57 Å². The van der Waals surface area contributed by atoms with E-state index >= 15 is 0 Å². The van der Waals surface area contributed by atoms with Crippen molar-refractivity contribution in [2.24, 2.45) is 0 Å². The van der Waals surface area contributed by atoms with Gasteiger partial charge in [-0.25, -0.2) is 4.79 Å². The summed E-state index contributed by atoms with van der Waals surface area (Å²) in [5.41, 5.74) is 1.57. The second-order valence-electron chi connectivity index (χ2n) is 3.50. The van der Waals surface area contributed by atoms with Crippen molar-refractivity contribution >= 4 is 21.9 Å². The first kappa shape index (κ1) is 13.0. The Bertz CT molecular complexity index is 399. The third-order valence-electron chi connectivity index (χ3n) is 2.56. The normalized spacial score (nSPS) is 11.9. The van der Waals surface area contributed by atoms with Crippen molar-refractivity contribution in [2.45, 2.75) is 19.3 Å². The van der Waals surface area contributed by atoms with E-state index in [0.717, 1.165) is 16.5 Å². The van der Waals surface area contributed by atoms with Gasteiger partial charge in [-0.1, -0.05) is 47.6 Å². The van der Waals surface area contributed by atoms with E-state index in [1.807, 2.05) is 31.2 Å². The summed E-state index contributed by atoms with van der Waals surface area (Å²) in [6.07, 6.45) is 0.816. The van der Waals surface area contributed by atoms with Gasteiger partial charge in [-0.2, -0.15) is 0 Å². The summed E-state index contributed by atoms with van der Waals surface area (Å²) in [5, 5.41) is 0. The highest BCUT2D eigenvalue weighted by Crippen LogP contribution is 2.32. The molecule has 0 N–H and O–H groups in total. The van der Waals surface area contributed by atoms with Gasteiger partial charge in [0.15, 0.2) is 0 Å². The van der Waals surface area contributed by atoms with Gasteiger partial charge in [-0.05, 0) is 18.1 Å². The smallest absolute Gasteiger partial charge is 0.333 e. The second-order valence-corrected chi connectivity index (χ2v) is 4.35. The lowest BCUT2D eigenvalue weighted by Crippen LogP contribution is -2.12. The third kappa shape index (κ3) is 2.73. The summed E-state index contributed by atoms with van der Waals surface area (Å²) in [4.78, 5) is 11.5. The number of hydrogen-bond donors (Lipinski definition) is 0. The number of carbonyl (C=O) groups is 1. The molecule has 0 amide bonds. The largest absolute Gasteiger partial charge is 0.466 e. The van der Waals surface area contributed by atoms with Gasteiger partial charge in [0.05, 0.1) is 7.11 Å². The fourth-order valence-electron chi connectivity index (χ4n) is 1.69. The van der Waals surface area contributed by atoms with Gasteiger partial charge in [0.1, 0.15) is 0 Å². The van der Waals surface area contributed by atoms with E-state index < -0.39 is 0 Å². The quantitative estimate of drug-likeness (QED) is 0.622. The maximum absolute atomic E-state index is 11.5. The van der Waals surface area contributed by atoms with Gasteiger partial charge in [0, 0.05) is 16.0 Å². The van der Waals surface area contributed by atoms with Crippen molar-refractivity contribution in [1.29, 1.82) is 0 Å². The summed E-state index contributed by atoms with van der Waals surface area (Å²) < 4.78 is 5.69. The van der Waals surface area contributed by atoms with Crippen LogP contribution in [0.3, 0.4) is 0 Å². The highest BCUT2D eigenvalue weighted by atomic mass is 79.9. The topological polar surface area (TPSA) is 26.3 Å². The van der Waals surface area contributed by atoms with Crippen LogP contribution < -0.4 is 0 Å². The van der Waals surface area contributed by atoms with Crippen molar-refractivity contribution in [2.75, 3.05) is 7.11 Å². The van der Waals surface area contributed by atoms with E-state index in [9.17, 15) is 4.79 Å². The molecule has 0 spiro atoms. The Balaban J connectivity index is 3.04. The van der Waals surface area contributed by atoms with Gasteiger partial charge < -0.3 is 4.74 Å². The fourth-order valence-corrected chi connectivity index (χ4v) is 2.25. The van der Waals surface area contributed by atoms with Crippen LogP contribution in [0.5, 0.6) is 0 Å². The first-order chi connectivity index (χ1) is 7.61. The van der Waals surface area contributed by atoms with Crippen LogP contribution in [0.15, 0.2) is 40.9 Å². The molecule has 0 bridgehead atoms. The molecule has 0 aliphatic rings. The molecule has 86 valence electrons. The molecule has 0 radical (unpaired) electrons. The monoisotopic (exact) mass is 282 g/mol. The zero-order valence-corrected chi connectivity index (χ0v) is 11.1. The molecule has 1 unspecified atom stereocenters. The lowest BCUT2D eigenvalue weighted by molar-refractivity contribution is -0.136. The standard InChI is InChI=1S/C13H15BrO2/c1-4-10(9(2)13(15)16-3)11-7-5-6-8-12(11)14/h5-8,10H,2,4H2,1,3H3. The summed E-state index contributed by atoms with van der Waals surface area (Å²) in [6, 6.07) is 7.85. The molecule has 1 rings (SSSR count). The van der Waals surface area contributed by atoms with Crippen LogP contribution in [-0.2, 0) is 9.53 Å². The Morgan fingerprint density at radius 1 is 1.50 bits per heavy atom. The summed E-state index contributed by atoms with van der Waals surface area (Å²) in [5.74, 6) is -0.342. The molecule has 1 aromatic carbocycles. The summed E-state index contributed by atoms with van der Waals surface area (Å²) in [6.45, 7) is 5.84. The zero-order chi connectivity index (χ0) is 12.1. The van der Waals surface area contributed by atoms with E-state index in [4.69, 9.17) is 4.74 Å². The molecule has 0 saturated carbocycles. The fraction of sp³-hybridized carbons (Fsp3) is 0.308. The first-order valence-corrected chi connectivity index (χ1v) is 5.92. The Labute approximate surface area is 104 Å². The molecule has 0 aliphatic carbocycles. The molecule has 0 heterocycles. The van der Waals surface area contributed by atoms with Gasteiger partial charge >= 0.3 is 5.97 Å². The molecule has 0 saturated heterocycles. The minimum absolute atomic E-state index is 0.00280. The van der Waals surface area contributed by atoms with Gasteiger partial charge in [-0.15, -0.1) is 0 Å². The maximum Gasteiger partial charge on any atom is 0.333 e. The Morgan fingerprint density at radius 2 is 2.12 bits per heavy atom. The highest BCUT2D eigenvalue weighted by Gasteiger charge is 2.21. The lowest BCUT2D eigenvalue weighted by Gasteiger charge is -2.17. The number of ether oxygens (including phenoxy) is 1. The lowest BCUT2D eigenvalue weighted by atomic mass is 9.90. The van der Waals surface area contributed by atoms with Crippen LogP contribution >= 0.6 is 15.9 Å². The van der Waals surface area contributed by atoms with Crippen molar-refractivity contribution in [1.82, 2.24) is 0 Å². The predicted octanol–water partition coefficient (Wildman–Crippen LogP) is 3.67. The Morgan fingerprint density at radius 3 is 2.62 bits per heavy atom. The molecule has 0 aromatic heterocycles. The van der Waals surface area contributed by atoms with Crippen LogP contribution in [0.1, 0.15) is 24.8 Å². The number of benzene rings is 1. The van der Waals surface area contributed by atoms with Crippen molar-refractivity contribution in [3.8, 4) is 0 Å². The number of carbonyl (C=O) groups excluding carboxylic acids is 1. The number of halogens is 1. The van der Waals surface area contributed by atoms with Crippen molar-refractivity contribution < 1.29 is 9.53 Å². The van der Waals surface area contributed by atoms with Crippen molar-refractivity contribution in [3.63, 3.8) is 0 Å². The van der Waals surface area contributed by atoms with Gasteiger partial charge in [0.2, 0.25) is 0 Å². The number of rotatable bonds is 4. The first-order valence-electron chi connectivity index (χ1n) is 5.13. The maximum atomic E-state index is 11.5. The van der Waals surface area contributed by atoms with E-state index in [1.165, 1.54) is 7.11 Å². The average Bonchev–Trinajstić information content (AvgIpc) is 2.31. The van der Waals surface area contributed by atoms with Crippen LogP contribution in [0.4, 0.5) is 0 Å². The van der Waals surface area contributed by atoms with Crippen LogP contribution in [0, 0.1) is 0 Å². The molecular formula is C13H15BrO2. The average molecular weight is 283 g/mol. The SMILES string of the molecule is C=C(C(=O)OC)C(CC)c1ccccc1Br. The molecule has 1 aromatic rings. The molecular weight excluding hydrogens is 268 g/mol. The summed E-state index contributed by atoms with van der Waals surface area (Å²) >= 11 is 3.48. The molecule has 0 aliphatic heterocycles. The summed E-state index contributed by atoms with van der Waals surface area (Å²) in [7, 11) is 1.38. The molecule has 16 heavy (non-hydrogen) atoms. The van der Waals surface area contributed by atoms with E-state index in [1.54, 1.807) is 0 Å². The Hall–Kier alpha value is -1.09. The second kappa shape index (κ2) is 5.85. The molecule has 3 heteroatoms. The minimum atomic E-state index is -0.345. The molecule has 1 atom stereocenters. The van der Waals surface area contributed by atoms with Gasteiger partial charge in [0.25, 0.3) is 0 Å². The van der Waals surface area contributed by atoms with Crippen LogP contribution in [-0.4, -0.2) is 13.1 Å². The van der Waals surface area contributed by atoms with Gasteiger partial charge in [-0.3, -0.25) is 0 Å². The van der Waals surface area contributed by atoms with E-state index in [-0.39, 0.29) is 11.9 Å². The Kier molecular flexibility index (Phi) is 4.74. The number of hydrogen-bond acceptors (Lipinski definition) is 2. The molecule has 0 fully saturated rings. The number of methoxy groups -OCH3 is 1. The van der Waals surface area contributed by atoms with Crippen LogP contribution in [0.2, 0.25) is 0 Å². The van der Waals surface area contributed by atoms with E-state index in [2.05, 4.69) is 22.5 Å². The van der Waals surface area contributed by atoms with Crippen LogP contribution in [0.25, 0.3) is 0 Å². The zero-order valence-electron chi connectivity index (χ0n) is 9.50. The predicted molar refractivity (Wildman–Crippen MR) is 68.3 cm³/mol. The number of esters is 1.